The molecule has 0 unspecified atom stereocenters. The van der Waals surface area contributed by atoms with Crippen molar-refractivity contribution in [3.05, 3.63) is 22.4 Å². The van der Waals surface area contributed by atoms with Crippen LogP contribution in [0.15, 0.2) is 16.7 Å². The van der Waals surface area contributed by atoms with E-state index in [9.17, 15) is 4.79 Å². The Morgan fingerprint density at radius 1 is 1.48 bits per heavy atom. The van der Waals surface area contributed by atoms with E-state index in [1.165, 1.54) is 25.0 Å². The minimum absolute atomic E-state index is 0.111. The first-order valence-electron chi connectivity index (χ1n) is 7.78. The predicted octanol–water partition coefficient (Wildman–Crippen LogP) is 3.06. The van der Waals surface area contributed by atoms with Crippen LogP contribution in [0.4, 0.5) is 0 Å². The van der Waals surface area contributed by atoms with Crippen molar-refractivity contribution in [3.63, 3.8) is 0 Å². The normalized spacial score (nSPS) is 18.0. The van der Waals surface area contributed by atoms with Crippen LogP contribution in [0.3, 0.4) is 0 Å². The Balaban J connectivity index is 1.87. The number of rotatable bonds is 5. The summed E-state index contributed by atoms with van der Waals surface area (Å²) in [7, 11) is 4.03. The molecule has 1 aromatic rings. The average molecular weight is 356 g/mol. The molecule has 21 heavy (non-hydrogen) atoms. The molecule has 1 aliphatic carbocycles. The lowest BCUT2D eigenvalue weighted by molar-refractivity contribution is -0.126. The molecular weight excluding hydrogens is 330 g/mol. The van der Waals surface area contributed by atoms with Gasteiger partial charge >= 0.3 is 0 Å². The molecule has 1 aliphatic rings. The molecule has 1 saturated carbocycles. The van der Waals surface area contributed by atoms with Crippen LogP contribution < -0.4 is 5.32 Å². The zero-order valence-electron chi connectivity index (χ0n) is 13.2. The molecule has 1 N–H and O–H groups in total. The molecule has 0 aliphatic heterocycles. The summed E-state index contributed by atoms with van der Waals surface area (Å²) in [6, 6.07) is 2.37. The van der Waals surface area contributed by atoms with Crippen molar-refractivity contribution in [1.82, 2.24) is 14.8 Å². The molecule has 118 valence electrons. The monoisotopic (exact) mass is 355 g/mol. The molecule has 0 spiro atoms. The van der Waals surface area contributed by atoms with Crippen molar-refractivity contribution < 1.29 is 4.79 Å². The summed E-state index contributed by atoms with van der Waals surface area (Å²) in [6.45, 7) is 2.75. The molecular formula is C16H26BrN3O. The first kappa shape index (κ1) is 16.6. The molecule has 0 saturated heterocycles. The zero-order chi connectivity index (χ0) is 15.4. The Kier molecular flexibility index (Phi) is 5.88. The van der Waals surface area contributed by atoms with Crippen molar-refractivity contribution in [1.29, 1.82) is 0 Å². The highest BCUT2D eigenvalue weighted by Gasteiger charge is 2.22. The van der Waals surface area contributed by atoms with Crippen LogP contribution in [0.2, 0.25) is 0 Å². The summed E-state index contributed by atoms with van der Waals surface area (Å²) in [5.74, 6) is 0.151. The van der Waals surface area contributed by atoms with E-state index in [1.807, 2.05) is 27.2 Å². The van der Waals surface area contributed by atoms with Gasteiger partial charge in [-0.05, 0) is 48.8 Å². The Labute approximate surface area is 136 Å². The molecule has 5 heteroatoms. The minimum Gasteiger partial charge on any atom is -0.352 e. The summed E-state index contributed by atoms with van der Waals surface area (Å²) in [6.07, 6.45) is 8.10. The Morgan fingerprint density at radius 3 is 2.71 bits per heavy atom. The number of halogens is 1. The van der Waals surface area contributed by atoms with Crippen molar-refractivity contribution >= 4 is 21.8 Å². The molecule has 1 amide bonds. The van der Waals surface area contributed by atoms with Crippen LogP contribution >= 0.6 is 15.9 Å². The van der Waals surface area contributed by atoms with Gasteiger partial charge in [-0.2, -0.15) is 0 Å². The van der Waals surface area contributed by atoms with E-state index in [0.29, 0.717) is 6.04 Å². The largest absolute Gasteiger partial charge is 0.352 e. The topological polar surface area (TPSA) is 37.3 Å². The van der Waals surface area contributed by atoms with Gasteiger partial charge in [-0.15, -0.1) is 0 Å². The van der Waals surface area contributed by atoms with Crippen LogP contribution in [0, 0.1) is 0 Å². The minimum atomic E-state index is -0.111. The number of nitrogens with zero attached hydrogens (tertiary/aromatic N) is 2. The molecule has 1 atom stereocenters. The fourth-order valence-electron chi connectivity index (χ4n) is 2.88. The smallest absolute Gasteiger partial charge is 0.237 e. The molecule has 0 radical (unpaired) electrons. The quantitative estimate of drug-likeness (QED) is 0.881. The molecule has 1 fully saturated rings. The lowest BCUT2D eigenvalue weighted by atomic mass is 9.95. The van der Waals surface area contributed by atoms with Gasteiger partial charge in [-0.3, -0.25) is 9.69 Å². The standard InChI is InChI=1S/C16H26BrN3O/c1-12(16(21)18-14-7-5-4-6-8-14)19(2)11-15-9-13(17)10-20(15)3/h9-10,12,14H,4-8,11H2,1-3H3,(H,18,21)/t12-/m0/s1. The van der Waals surface area contributed by atoms with E-state index in [0.717, 1.165) is 23.9 Å². The Bertz CT molecular complexity index is 480. The van der Waals surface area contributed by atoms with Crippen LogP contribution in [-0.2, 0) is 18.4 Å². The van der Waals surface area contributed by atoms with Crippen LogP contribution in [0.25, 0.3) is 0 Å². The third-order valence-corrected chi connectivity index (χ3v) is 4.91. The third-order valence-electron chi connectivity index (χ3n) is 4.48. The van der Waals surface area contributed by atoms with Crippen LogP contribution in [0.5, 0.6) is 0 Å². The fraction of sp³-hybridized carbons (Fsp3) is 0.688. The van der Waals surface area contributed by atoms with Gasteiger partial charge in [0.2, 0.25) is 5.91 Å². The summed E-state index contributed by atoms with van der Waals surface area (Å²) < 4.78 is 3.17. The van der Waals surface area contributed by atoms with Gasteiger partial charge in [0.05, 0.1) is 6.04 Å². The Morgan fingerprint density at radius 2 is 2.14 bits per heavy atom. The maximum atomic E-state index is 12.4. The first-order valence-corrected chi connectivity index (χ1v) is 8.58. The number of carbonyl (C=O) groups excluding carboxylic acids is 1. The van der Waals surface area contributed by atoms with E-state index in [-0.39, 0.29) is 11.9 Å². The maximum Gasteiger partial charge on any atom is 0.237 e. The lowest BCUT2D eigenvalue weighted by Crippen LogP contribution is -2.47. The first-order chi connectivity index (χ1) is 9.97. The lowest BCUT2D eigenvalue weighted by Gasteiger charge is -2.28. The summed E-state index contributed by atoms with van der Waals surface area (Å²) in [5.41, 5.74) is 1.20. The SMILES string of the molecule is C[C@@H](C(=O)NC1CCCCC1)N(C)Cc1cc(Br)cn1C. The average Bonchev–Trinajstić information content (AvgIpc) is 2.77. The molecule has 0 aromatic carbocycles. The number of aromatic nitrogens is 1. The molecule has 2 rings (SSSR count). The van der Waals surface area contributed by atoms with E-state index in [1.54, 1.807) is 0 Å². The van der Waals surface area contributed by atoms with Gasteiger partial charge in [-0.1, -0.05) is 19.3 Å². The molecule has 0 bridgehead atoms. The highest BCUT2D eigenvalue weighted by molar-refractivity contribution is 9.10. The van der Waals surface area contributed by atoms with Crippen molar-refractivity contribution in [2.45, 2.75) is 57.7 Å². The van der Waals surface area contributed by atoms with Crippen molar-refractivity contribution in [2.75, 3.05) is 7.05 Å². The van der Waals surface area contributed by atoms with Gasteiger partial charge in [0.15, 0.2) is 0 Å². The van der Waals surface area contributed by atoms with Crippen LogP contribution in [-0.4, -0.2) is 34.5 Å². The van der Waals surface area contributed by atoms with Crippen LogP contribution in [0.1, 0.15) is 44.7 Å². The van der Waals surface area contributed by atoms with E-state index in [2.05, 4.69) is 36.8 Å². The zero-order valence-corrected chi connectivity index (χ0v) is 14.8. The number of amides is 1. The van der Waals surface area contributed by atoms with E-state index >= 15 is 0 Å². The summed E-state index contributed by atoms with van der Waals surface area (Å²) in [4.78, 5) is 14.5. The number of carbonyl (C=O) groups is 1. The highest BCUT2D eigenvalue weighted by Crippen LogP contribution is 2.18. The molecule has 1 heterocycles. The second kappa shape index (κ2) is 7.45. The van der Waals surface area contributed by atoms with E-state index in [4.69, 9.17) is 0 Å². The number of hydrogen-bond acceptors (Lipinski definition) is 2. The van der Waals surface area contributed by atoms with Crippen molar-refractivity contribution in [3.8, 4) is 0 Å². The predicted molar refractivity (Wildman–Crippen MR) is 89.1 cm³/mol. The Hall–Kier alpha value is -0.810. The van der Waals surface area contributed by atoms with Gasteiger partial charge in [0, 0.05) is 36.0 Å². The maximum absolute atomic E-state index is 12.4. The number of nitrogens with one attached hydrogen (secondary N) is 1. The van der Waals surface area contributed by atoms with Gasteiger partial charge < -0.3 is 9.88 Å². The summed E-state index contributed by atoms with van der Waals surface area (Å²) in [5, 5.41) is 3.21. The third kappa shape index (κ3) is 4.58. The second-order valence-electron chi connectivity index (χ2n) is 6.20. The van der Waals surface area contributed by atoms with Gasteiger partial charge in [0.1, 0.15) is 0 Å². The number of aryl methyl sites for hydroxylation is 1. The number of hydrogen-bond donors (Lipinski definition) is 1. The number of likely N-dealkylation sites (N-methyl/N-ethyl adjacent to an activating group) is 1. The molecule has 1 aromatic heterocycles. The van der Waals surface area contributed by atoms with Gasteiger partial charge in [0.25, 0.3) is 0 Å². The van der Waals surface area contributed by atoms with Gasteiger partial charge in [-0.25, -0.2) is 0 Å². The summed E-state index contributed by atoms with van der Waals surface area (Å²) >= 11 is 3.49. The fourth-order valence-corrected chi connectivity index (χ4v) is 3.46. The highest BCUT2D eigenvalue weighted by atomic mass is 79.9. The van der Waals surface area contributed by atoms with Crippen molar-refractivity contribution in [2.24, 2.45) is 7.05 Å². The second-order valence-corrected chi connectivity index (χ2v) is 7.11. The molecule has 4 nitrogen and oxygen atoms in total. The van der Waals surface area contributed by atoms with E-state index < -0.39 is 0 Å².